The number of methoxy groups -OCH3 is 1. The van der Waals surface area contributed by atoms with Crippen molar-refractivity contribution in [2.75, 3.05) is 20.2 Å². The average Bonchev–Trinajstić information content (AvgIpc) is 3.07. The lowest BCUT2D eigenvalue weighted by Crippen LogP contribution is -2.24. The van der Waals surface area contributed by atoms with Gasteiger partial charge in [0.15, 0.2) is 0 Å². The van der Waals surface area contributed by atoms with Gasteiger partial charge in [-0.2, -0.15) is 0 Å². The summed E-state index contributed by atoms with van der Waals surface area (Å²) in [4.78, 5) is 16.7. The maximum absolute atomic E-state index is 10.8. The van der Waals surface area contributed by atoms with Gasteiger partial charge in [-0.3, -0.25) is 9.79 Å². The topological polar surface area (TPSA) is 67.9 Å². The first kappa shape index (κ1) is 26.5. The van der Waals surface area contributed by atoms with E-state index >= 15 is 0 Å². The van der Waals surface area contributed by atoms with E-state index < -0.39 is 0 Å². The molecule has 0 bridgehead atoms. The Morgan fingerprint density at radius 3 is 2.25 bits per heavy atom. The van der Waals surface area contributed by atoms with Crippen LogP contribution in [0.4, 0.5) is 0 Å². The van der Waals surface area contributed by atoms with E-state index in [1.165, 1.54) is 5.57 Å². The van der Waals surface area contributed by atoms with Crippen molar-refractivity contribution in [3.05, 3.63) is 23.4 Å². The van der Waals surface area contributed by atoms with E-state index in [1.54, 1.807) is 7.11 Å². The second-order valence-electron chi connectivity index (χ2n) is 9.48. The van der Waals surface area contributed by atoms with Crippen molar-refractivity contribution in [2.45, 2.75) is 79.4 Å². The molecule has 0 aliphatic carbocycles. The largest absolute Gasteiger partial charge is 0.379 e. The third-order valence-electron chi connectivity index (χ3n) is 5.01. The van der Waals surface area contributed by atoms with Crippen LogP contribution in [0, 0.1) is 11.3 Å². The van der Waals surface area contributed by atoms with Gasteiger partial charge in [0.05, 0.1) is 11.3 Å². The van der Waals surface area contributed by atoms with Crippen LogP contribution in [0.1, 0.15) is 67.7 Å². The molecule has 162 valence electrons. The van der Waals surface area contributed by atoms with Crippen molar-refractivity contribution >= 4 is 13.1 Å². The second-order valence-corrected chi connectivity index (χ2v) is 9.48. The Hall–Kier alpha value is -1.46. The van der Waals surface area contributed by atoms with Crippen LogP contribution in [0.15, 0.2) is 28.4 Å². The molecule has 0 spiro atoms. The fourth-order valence-electron chi connectivity index (χ4n) is 2.92. The van der Waals surface area contributed by atoms with Crippen LogP contribution in [0.3, 0.4) is 0 Å². The Kier molecular flexibility index (Phi) is 11.5. The number of likely N-dealkylation sites (tertiary alicyclic amines) is 1. The normalized spacial score (nSPS) is 19.8. The van der Waals surface area contributed by atoms with Crippen LogP contribution in [0.5, 0.6) is 0 Å². The summed E-state index contributed by atoms with van der Waals surface area (Å²) < 4.78 is 4.94. The number of carbonyl (C=O) groups excluding carboxylic acids is 1. The molecular weight excluding hydrogens is 350 g/mol. The lowest BCUT2D eigenvalue weighted by atomic mass is 9.85. The molecule has 1 rings (SSSR count). The van der Waals surface area contributed by atoms with E-state index in [0.717, 1.165) is 44.5 Å². The quantitative estimate of drug-likeness (QED) is 0.391. The Morgan fingerprint density at radius 2 is 1.89 bits per heavy atom. The van der Waals surface area contributed by atoms with Crippen LogP contribution in [-0.2, 0) is 9.53 Å². The van der Waals surface area contributed by atoms with E-state index in [-0.39, 0.29) is 17.1 Å². The fourth-order valence-corrected chi connectivity index (χ4v) is 2.92. The third kappa shape index (κ3) is 10.8. The van der Waals surface area contributed by atoms with E-state index in [0.29, 0.717) is 5.92 Å². The summed E-state index contributed by atoms with van der Waals surface area (Å²) in [7, 11) is 1.71. The van der Waals surface area contributed by atoms with Crippen LogP contribution in [-0.4, -0.2) is 49.9 Å². The highest BCUT2D eigenvalue weighted by molar-refractivity contribution is 5.47. The number of rotatable bonds is 7. The number of amides is 1. The van der Waals surface area contributed by atoms with E-state index in [1.807, 2.05) is 32.6 Å². The Balaban J connectivity index is 0.00000105. The Bertz CT molecular complexity index is 539. The van der Waals surface area contributed by atoms with Crippen LogP contribution >= 0.6 is 0 Å². The van der Waals surface area contributed by atoms with Crippen LogP contribution in [0.25, 0.3) is 0 Å². The molecule has 1 amide bonds. The zero-order chi connectivity index (χ0) is 22.0. The van der Waals surface area contributed by atoms with E-state index in [9.17, 15) is 4.79 Å². The number of hydrogen-bond donors (Lipinski definition) is 1. The highest BCUT2D eigenvalue weighted by Gasteiger charge is 2.22. The molecule has 0 radical (unpaired) electrons. The van der Waals surface area contributed by atoms with Gasteiger partial charge in [-0.1, -0.05) is 26.8 Å². The second kappa shape index (κ2) is 12.2. The number of allylic oxidation sites excluding steroid dienone is 3. The molecule has 28 heavy (non-hydrogen) atoms. The standard InChI is InChI=1S/C18H31N3O.C5H12O/c1-6-15(18(2,3)4)11-17(20-5)16(19)8-7-14-9-10-21(12-14)13-22;1-5(2,3)6-4/h6,11,13-14,16H,5,7-10,12,19H2,1-4H3;1-4H3/b15-6+,17-11-;. The first-order valence-corrected chi connectivity index (χ1v) is 10.2. The maximum Gasteiger partial charge on any atom is 0.209 e. The zero-order valence-corrected chi connectivity index (χ0v) is 19.4. The Morgan fingerprint density at radius 1 is 1.32 bits per heavy atom. The lowest BCUT2D eigenvalue weighted by molar-refractivity contribution is -0.117. The number of ether oxygens (including phenoxy) is 1. The van der Waals surface area contributed by atoms with Gasteiger partial charge in [0.1, 0.15) is 0 Å². The number of nitrogens with two attached hydrogens (primary N) is 1. The summed E-state index contributed by atoms with van der Waals surface area (Å²) in [5, 5.41) is 0. The molecule has 2 unspecified atom stereocenters. The minimum atomic E-state index is -0.0971. The summed E-state index contributed by atoms with van der Waals surface area (Å²) in [6.07, 6.45) is 8.11. The molecule has 5 heteroatoms. The predicted octanol–water partition coefficient (Wildman–Crippen LogP) is 4.58. The molecule has 1 aliphatic heterocycles. The van der Waals surface area contributed by atoms with Gasteiger partial charge in [0.2, 0.25) is 6.41 Å². The van der Waals surface area contributed by atoms with Crippen molar-refractivity contribution in [1.82, 2.24) is 4.90 Å². The average molecular weight is 394 g/mol. The number of carbonyl (C=O) groups is 1. The van der Waals surface area contributed by atoms with E-state index in [2.05, 4.69) is 44.6 Å². The molecule has 0 saturated carbocycles. The predicted molar refractivity (Wildman–Crippen MR) is 121 cm³/mol. The third-order valence-corrected chi connectivity index (χ3v) is 5.01. The van der Waals surface area contributed by atoms with Crippen LogP contribution < -0.4 is 5.73 Å². The molecule has 1 heterocycles. The van der Waals surface area contributed by atoms with Crippen molar-refractivity contribution in [3.63, 3.8) is 0 Å². The van der Waals surface area contributed by atoms with Gasteiger partial charge in [-0.05, 0) is 76.7 Å². The van der Waals surface area contributed by atoms with Crippen LogP contribution in [0.2, 0.25) is 0 Å². The fraction of sp³-hybridized carbons (Fsp3) is 0.739. The maximum atomic E-state index is 10.8. The smallest absolute Gasteiger partial charge is 0.209 e. The van der Waals surface area contributed by atoms with Crippen molar-refractivity contribution in [1.29, 1.82) is 0 Å². The van der Waals surface area contributed by atoms with Gasteiger partial charge in [0.25, 0.3) is 0 Å². The van der Waals surface area contributed by atoms with Gasteiger partial charge in [-0.15, -0.1) is 0 Å². The molecule has 0 aromatic carbocycles. The van der Waals surface area contributed by atoms with Crippen molar-refractivity contribution < 1.29 is 9.53 Å². The summed E-state index contributed by atoms with van der Waals surface area (Å²) >= 11 is 0. The van der Waals surface area contributed by atoms with Gasteiger partial charge in [-0.25, -0.2) is 0 Å². The van der Waals surface area contributed by atoms with Gasteiger partial charge >= 0.3 is 0 Å². The summed E-state index contributed by atoms with van der Waals surface area (Å²) in [6.45, 7) is 20.0. The molecule has 1 aliphatic rings. The number of hydrogen-bond acceptors (Lipinski definition) is 4. The Labute approximate surface area is 173 Å². The molecule has 2 atom stereocenters. The summed E-state index contributed by atoms with van der Waals surface area (Å²) in [5.41, 5.74) is 8.49. The highest BCUT2D eigenvalue weighted by Crippen LogP contribution is 2.28. The number of aliphatic imine (C=N–C) groups is 1. The summed E-state index contributed by atoms with van der Waals surface area (Å²) in [6, 6.07) is -0.0971. The molecule has 1 saturated heterocycles. The van der Waals surface area contributed by atoms with Crippen molar-refractivity contribution in [2.24, 2.45) is 22.1 Å². The minimum absolute atomic E-state index is 0.0417. The summed E-state index contributed by atoms with van der Waals surface area (Å²) in [5.74, 6) is 0.561. The molecule has 2 N–H and O–H groups in total. The molecule has 1 fully saturated rings. The van der Waals surface area contributed by atoms with Gasteiger partial charge < -0.3 is 15.4 Å². The van der Waals surface area contributed by atoms with Gasteiger partial charge in [0, 0.05) is 26.2 Å². The lowest BCUT2D eigenvalue weighted by Gasteiger charge is -2.22. The molecule has 5 nitrogen and oxygen atoms in total. The first-order valence-electron chi connectivity index (χ1n) is 10.2. The molecular formula is C23H43N3O2. The number of nitrogens with zero attached hydrogens (tertiary/aromatic N) is 2. The SMILES string of the molecule is C=N/C(=C\C(=C/C)C(C)(C)C)C(N)CCC1CCN(C=O)C1.COC(C)(C)C. The molecule has 0 aromatic rings. The first-order chi connectivity index (χ1) is 12.9. The van der Waals surface area contributed by atoms with Crippen molar-refractivity contribution in [3.8, 4) is 0 Å². The van der Waals surface area contributed by atoms with E-state index in [4.69, 9.17) is 10.5 Å². The zero-order valence-electron chi connectivity index (χ0n) is 19.4. The highest BCUT2D eigenvalue weighted by atomic mass is 16.5. The monoisotopic (exact) mass is 393 g/mol. The molecule has 0 aromatic heterocycles. The minimum Gasteiger partial charge on any atom is -0.379 e.